The topological polar surface area (TPSA) is 79.1 Å². The van der Waals surface area contributed by atoms with Crippen LogP contribution in [0.15, 0.2) is 53.7 Å². The smallest absolute Gasteiger partial charge is 0.191 e. The third-order valence-corrected chi connectivity index (χ3v) is 5.22. The lowest BCUT2D eigenvalue weighted by Gasteiger charge is -2.31. The molecule has 2 aromatic heterocycles. The molecule has 0 aliphatic rings. The number of ether oxygens (including phenoxy) is 1. The maximum atomic E-state index is 5.42. The molecule has 2 heterocycles. The predicted molar refractivity (Wildman–Crippen MR) is 135 cm³/mol. The molecule has 0 aliphatic carbocycles. The summed E-state index contributed by atoms with van der Waals surface area (Å²) in [5.74, 6) is 2.43. The molecule has 31 heavy (non-hydrogen) atoms. The molecule has 0 saturated heterocycles. The van der Waals surface area contributed by atoms with Gasteiger partial charge in [-0.2, -0.15) is 0 Å². The van der Waals surface area contributed by atoms with Crippen LogP contribution >= 0.6 is 24.0 Å². The van der Waals surface area contributed by atoms with E-state index in [1.807, 2.05) is 40.9 Å². The van der Waals surface area contributed by atoms with Crippen molar-refractivity contribution in [3.8, 4) is 5.75 Å². The number of hydrogen-bond donors (Lipinski definition) is 2. The van der Waals surface area contributed by atoms with Gasteiger partial charge in [-0.15, -0.1) is 34.2 Å². The van der Waals surface area contributed by atoms with Gasteiger partial charge < -0.3 is 15.4 Å². The lowest BCUT2D eigenvalue weighted by molar-refractivity contribution is 0.218. The van der Waals surface area contributed by atoms with Crippen molar-refractivity contribution >= 4 is 35.6 Å². The predicted octanol–water partition coefficient (Wildman–Crippen LogP) is 3.10. The number of pyridine rings is 1. The third kappa shape index (κ3) is 6.30. The van der Waals surface area contributed by atoms with Gasteiger partial charge in [0.2, 0.25) is 0 Å². The second kappa shape index (κ2) is 12.5. The van der Waals surface area contributed by atoms with Crippen LogP contribution < -0.4 is 15.4 Å². The van der Waals surface area contributed by atoms with Crippen molar-refractivity contribution in [3.05, 3.63) is 60.0 Å². The Kier molecular flexibility index (Phi) is 9.99. The third-order valence-electron chi connectivity index (χ3n) is 5.22. The quantitative estimate of drug-likeness (QED) is 0.248. The molecule has 0 amide bonds. The van der Waals surface area contributed by atoms with E-state index in [2.05, 4.69) is 56.7 Å². The van der Waals surface area contributed by atoms with E-state index in [0.29, 0.717) is 6.54 Å². The number of rotatable bonds is 9. The van der Waals surface area contributed by atoms with E-state index in [-0.39, 0.29) is 30.0 Å². The summed E-state index contributed by atoms with van der Waals surface area (Å²) in [6, 6.07) is 14.3. The van der Waals surface area contributed by atoms with Crippen molar-refractivity contribution in [3.63, 3.8) is 0 Å². The fourth-order valence-corrected chi connectivity index (χ4v) is 3.56. The molecule has 168 valence electrons. The van der Waals surface area contributed by atoms with Crippen LogP contribution in [-0.2, 0) is 6.54 Å². The highest BCUT2D eigenvalue weighted by Crippen LogP contribution is 2.23. The zero-order chi connectivity index (χ0) is 21.3. The molecule has 8 nitrogen and oxygen atoms in total. The lowest BCUT2D eigenvalue weighted by atomic mass is 10.0. The van der Waals surface area contributed by atoms with Gasteiger partial charge in [-0.3, -0.25) is 14.3 Å². The Hall–Kier alpha value is -2.40. The zero-order valence-corrected chi connectivity index (χ0v) is 20.9. The van der Waals surface area contributed by atoms with E-state index >= 15 is 0 Å². The van der Waals surface area contributed by atoms with Crippen LogP contribution in [0.1, 0.15) is 31.3 Å². The average molecular weight is 537 g/mol. The Bertz CT molecular complexity index is 971. The largest absolute Gasteiger partial charge is 0.497 e. The second-order valence-corrected chi connectivity index (χ2v) is 6.87. The molecule has 0 aliphatic heterocycles. The van der Waals surface area contributed by atoms with Crippen LogP contribution in [0.25, 0.3) is 5.65 Å². The maximum absolute atomic E-state index is 5.42. The highest BCUT2D eigenvalue weighted by molar-refractivity contribution is 14.0. The molecular weight excluding hydrogens is 505 g/mol. The van der Waals surface area contributed by atoms with Crippen LogP contribution in [0.5, 0.6) is 5.75 Å². The number of aromatic nitrogens is 3. The first-order valence-corrected chi connectivity index (χ1v) is 10.3. The van der Waals surface area contributed by atoms with Crippen LogP contribution in [0.3, 0.4) is 0 Å². The van der Waals surface area contributed by atoms with Gasteiger partial charge in [0.25, 0.3) is 0 Å². The van der Waals surface area contributed by atoms with Crippen molar-refractivity contribution in [2.75, 3.05) is 33.8 Å². The fraction of sp³-hybridized carbons (Fsp3) is 0.409. The minimum Gasteiger partial charge on any atom is -0.497 e. The summed E-state index contributed by atoms with van der Waals surface area (Å²) in [7, 11) is 3.47. The van der Waals surface area contributed by atoms with Gasteiger partial charge in [0.1, 0.15) is 5.75 Å². The number of halogens is 1. The molecule has 3 rings (SSSR count). The van der Waals surface area contributed by atoms with Crippen LogP contribution in [0.2, 0.25) is 0 Å². The molecule has 0 fully saturated rings. The van der Waals surface area contributed by atoms with Gasteiger partial charge in [0.15, 0.2) is 17.4 Å². The molecule has 0 spiro atoms. The van der Waals surface area contributed by atoms with Crippen molar-refractivity contribution in [1.29, 1.82) is 0 Å². The first-order chi connectivity index (χ1) is 14.7. The summed E-state index contributed by atoms with van der Waals surface area (Å²) in [5.41, 5.74) is 2.04. The van der Waals surface area contributed by atoms with E-state index in [4.69, 9.17) is 4.74 Å². The minimum atomic E-state index is 0. The summed E-state index contributed by atoms with van der Waals surface area (Å²) in [6.07, 6.45) is 1.96. The number of benzene rings is 1. The van der Waals surface area contributed by atoms with Gasteiger partial charge in [0.05, 0.1) is 19.7 Å². The normalized spacial score (nSPS) is 12.5. The van der Waals surface area contributed by atoms with Gasteiger partial charge in [-0.25, -0.2) is 0 Å². The number of hydrogen-bond acceptors (Lipinski definition) is 5. The monoisotopic (exact) mass is 537 g/mol. The fourth-order valence-electron chi connectivity index (χ4n) is 3.56. The Balaban J connectivity index is 0.00000341. The Labute approximate surface area is 201 Å². The Morgan fingerprint density at radius 1 is 1.13 bits per heavy atom. The molecule has 1 unspecified atom stereocenters. The van der Waals surface area contributed by atoms with Gasteiger partial charge in [-0.05, 0) is 42.9 Å². The molecule has 1 atom stereocenters. The van der Waals surface area contributed by atoms with E-state index in [9.17, 15) is 0 Å². The molecule has 1 aromatic carbocycles. The summed E-state index contributed by atoms with van der Waals surface area (Å²) < 4.78 is 7.39. The van der Waals surface area contributed by atoms with E-state index < -0.39 is 0 Å². The van der Waals surface area contributed by atoms with Gasteiger partial charge >= 0.3 is 0 Å². The lowest BCUT2D eigenvalue weighted by Crippen LogP contribution is -2.43. The summed E-state index contributed by atoms with van der Waals surface area (Å²) >= 11 is 0. The number of fused-ring (bicyclic) bond motifs is 1. The first kappa shape index (κ1) is 24.9. The molecule has 9 heteroatoms. The molecule has 0 bridgehead atoms. The van der Waals surface area contributed by atoms with Crippen molar-refractivity contribution in [2.24, 2.45) is 4.99 Å². The summed E-state index contributed by atoms with van der Waals surface area (Å²) in [5, 5.41) is 15.3. The van der Waals surface area contributed by atoms with Crippen molar-refractivity contribution in [2.45, 2.75) is 26.4 Å². The average Bonchev–Trinajstić information content (AvgIpc) is 3.21. The number of likely N-dealkylation sites (N-methyl/N-ethyl adjacent to an activating group) is 1. The molecular formula is C22H32IN7O. The summed E-state index contributed by atoms with van der Waals surface area (Å²) in [4.78, 5) is 6.79. The highest BCUT2D eigenvalue weighted by atomic mass is 127. The van der Waals surface area contributed by atoms with Crippen molar-refractivity contribution < 1.29 is 4.74 Å². The SMILES string of the molecule is CCN(CC)C(CNC(=NC)NCc1nnc2ccccn12)c1cccc(OC)c1.I. The van der Waals surface area contributed by atoms with E-state index in [0.717, 1.165) is 42.8 Å². The highest BCUT2D eigenvalue weighted by Gasteiger charge is 2.19. The van der Waals surface area contributed by atoms with Gasteiger partial charge in [0, 0.05) is 19.8 Å². The molecule has 0 saturated carbocycles. The Morgan fingerprint density at radius 2 is 1.94 bits per heavy atom. The minimum absolute atomic E-state index is 0. The van der Waals surface area contributed by atoms with E-state index in [1.54, 1.807) is 14.2 Å². The van der Waals surface area contributed by atoms with Gasteiger partial charge in [-0.1, -0.05) is 32.0 Å². The Morgan fingerprint density at radius 3 is 2.65 bits per heavy atom. The standard InChI is InChI=1S/C22H31N7O.HI/c1-5-28(6-2)19(17-10-9-11-18(14-17)30-4)15-24-22(23-3)25-16-21-27-26-20-12-7-8-13-29(20)21;/h7-14,19H,5-6,15-16H2,1-4H3,(H2,23,24,25);1H. The summed E-state index contributed by atoms with van der Waals surface area (Å²) in [6.45, 7) is 7.52. The second-order valence-electron chi connectivity index (χ2n) is 6.87. The molecule has 0 radical (unpaired) electrons. The number of nitrogens with zero attached hydrogens (tertiary/aromatic N) is 5. The maximum Gasteiger partial charge on any atom is 0.191 e. The number of nitrogens with one attached hydrogen (secondary N) is 2. The zero-order valence-electron chi connectivity index (χ0n) is 18.6. The number of aliphatic imine (C=N–C) groups is 1. The van der Waals surface area contributed by atoms with Crippen LogP contribution in [0.4, 0.5) is 0 Å². The van der Waals surface area contributed by atoms with Crippen LogP contribution in [0, 0.1) is 0 Å². The van der Waals surface area contributed by atoms with E-state index in [1.165, 1.54) is 5.56 Å². The molecule has 3 aromatic rings. The molecule has 2 N–H and O–H groups in total. The first-order valence-electron chi connectivity index (χ1n) is 10.3. The number of methoxy groups -OCH3 is 1. The van der Waals surface area contributed by atoms with Crippen molar-refractivity contribution in [1.82, 2.24) is 30.1 Å². The van der Waals surface area contributed by atoms with Crippen LogP contribution in [-0.4, -0.2) is 59.2 Å². The number of guanidine groups is 1.